The van der Waals surface area contributed by atoms with Gasteiger partial charge in [-0.05, 0) is 17.5 Å². The summed E-state index contributed by atoms with van der Waals surface area (Å²) in [5.41, 5.74) is 7.41. The van der Waals surface area contributed by atoms with E-state index < -0.39 is 6.04 Å². The summed E-state index contributed by atoms with van der Waals surface area (Å²) in [6.07, 6.45) is 1.71. The number of carbonyl (C=O) groups excluding carboxylic acids is 1. The van der Waals surface area contributed by atoms with E-state index >= 15 is 0 Å². The van der Waals surface area contributed by atoms with Crippen LogP contribution in [0.2, 0.25) is 0 Å². The molecular weight excluding hydrogens is 260 g/mol. The number of nitrogens with two attached hydrogens (primary N) is 1. The maximum atomic E-state index is 12.1. The smallest absolute Gasteiger partial charge is 0.246 e. The zero-order valence-electron chi connectivity index (χ0n) is 9.96. The third kappa shape index (κ3) is 2.23. The second-order valence-corrected chi connectivity index (χ2v) is 5.10. The minimum Gasteiger partial charge on any atom is -0.323 e. The van der Waals surface area contributed by atoms with Crippen molar-refractivity contribution in [3.63, 3.8) is 0 Å². The molecule has 0 radical (unpaired) electrons. The lowest BCUT2D eigenvalue weighted by Crippen LogP contribution is -2.27. The topological polar surface area (TPSA) is 83.8 Å². The van der Waals surface area contributed by atoms with Gasteiger partial charge >= 0.3 is 0 Å². The predicted molar refractivity (Wildman–Crippen MR) is 76.0 cm³/mol. The quantitative estimate of drug-likeness (QED) is 0.683. The zero-order chi connectivity index (χ0) is 13.2. The number of hydrogen-bond donors (Lipinski definition) is 3. The van der Waals surface area contributed by atoms with Crippen LogP contribution in [0.5, 0.6) is 0 Å². The van der Waals surface area contributed by atoms with Gasteiger partial charge in [-0.15, -0.1) is 11.3 Å². The SMILES string of the molecule is NC(C(=O)Nc1cccc2cn[nH]c12)c1cccs1. The molecule has 3 rings (SSSR count). The molecule has 2 heterocycles. The van der Waals surface area contributed by atoms with Crippen LogP contribution in [-0.4, -0.2) is 16.1 Å². The van der Waals surface area contributed by atoms with Crippen molar-refractivity contribution in [1.82, 2.24) is 10.2 Å². The maximum absolute atomic E-state index is 12.1. The summed E-state index contributed by atoms with van der Waals surface area (Å²) in [6.45, 7) is 0. The van der Waals surface area contributed by atoms with Gasteiger partial charge in [-0.3, -0.25) is 9.89 Å². The predicted octanol–water partition coefficient (Wildman–Crippen LogP) is 2.26. The number of nitrogens with one attached hydrogen (secondary N) is 2. The Bertz CT molecular complexity index is 704. The van der Waals surface area contributed by atoms with Crippen LogP contribution >= 0.6 is 11.3 Å². The van der Waals surface area contributed by atoms with E-state index in [-0.39, 0.29) is 5.91 Å². The van der Waals surface area contributed by atoms with Gasteiger partial charge in [0.05, 0.1) is 17.4 Å². The Morgan fingerprint density at radius 1 is 1.37 bits per heavy atom. The average molecular weight is 272 g/mol. The summed E-state index contributed by atoms with van der Waals surface area (Å²) in [5, 5.41) is 12.5. The van der Waals surface area contributed by atoms with Crippen molar-refractivity contribution in [2.75, 3.05) is 5.32 Å². The molecule has 1 aromatic carbocycles. The first-order valence-corrected chi connectivity index (χ1v) is 6.65. The molecule has 96 valence electrons. The van der Waals surface area contributed by atoms with E-state index in [1.54, 1.807) is 6.20 Å². The molecule has 1 atom stereocenters. The van der Waals surface area contributed by atoms with E-state index in [0.29, 0.717) is 5.69 Å². The third-order valence-corrected chi connectivity index (χ3v) is 3.82. The minimum atomic E-state index is -0.654. The Kier molecular flexibility index (Phi) is 3.02. The van der Waals surface area contributed by atoms with Crippen LogP contribution < -0.4 is 11.1 Å². The van der Waals surface area contributed by atoms with E-state index in [1.807, 2.05) is 35.7 Å². The van der Waals surface area contributed by atoms with Gasteiger partial charge in [0.15, 0.2) is 0 Å². The first-order chi connectivity index (χ1) is 9.25. The summed E-state index contributed by atoms with van der Waals surface area (Å²) in [6, 6.07) is 8.68. The second kappa shape index (κ2) is 4.83. The standard InChI is InChI=1S/C13H12N4OS/c14-11(10-5-2-6-19-10)13(18)16-9-4-1-3-8-7-15-17-12(8)9/h1-7,11H,14H2,(H,15,17)(H,16,18). The van der Waals surface area contributed by atoms with E-state index in [1.165, 1.54) is 11.3 Å². The molecule has 6 heteroatoms. The fraction of sp³-hybridized carbons (Fsp3) is 0.0769. The van der Waals surface area contributed by atoms with E-state index in [2.05, 4.69) is 15.5 Å². The molecule has 0 aliphatic carbocycles. The van der Waals surface area contributed by atoms with E-state index in [9.17, 15) is 4.79 Å². The van der Waals surface area contributed by atoms with E-state index in [4.69, 9.17) is 5.73 Å². The maximum Gasteiger partial charge on any atom is 0.246 e. The summed E-state index contributed by atoms with van der Waals surface area (Å²) < 4.78 is 0. The highest BCUT2D eigenvalue weighted by molar-refractivity contribution is 7.10. The van der Waals surface area contributed by atoms with Crippen molar-refractivity contribution in [2.45, 2.75) is 6.04 Å². The number of nitrogens with zero attached hydrogens (tertiary/aromatic N) is 1. The van der Waals surface area contributed by atoms with Crippen molar-refractivity contribution < 1.29 is 4.79 Å². The Hall–Kier alpha value is -2.18. The van der Waals surface area contributed by atoms with Crippen LogP contribution in [0.25, 0.3) is 10.9 Å². The first kappa shape index (κ1) is 11.9. The van der Waals surface area contributed by atoms with Crippen LogP contribution in [0, 0.1) is 0 Å². The second-order valence-electron chi connectivity index (χ2n) is 4.12. The molecule has 19 heavy (non-hydrogen) atoms. The van der Waals surface area contributed by atoms with Gasteiger partial charge in [-0.2, -0.15) is 5.10 Å². The summed E-state index contributed by atoms with van der Waals surface area (Å²) in [7, 11) is 0. The van der Waals surface area contributed by atoms with E-state index in [0.717, 1.165) is 15.8 Å². The lowest BCUT2D eigenvalue weighted by Gasteiger charge is -2.11. The molecule has 0 aliphatic heterocycles. The number of aromatic amines is 1. The molecule has 4 N–H and O–H groups in total. The molecule has 2 aromatic heterocycles. The van der Waals surface area contributed by atoms with Crippen LogP contribution in [0.1, 0.15) is 10.9 Å². The lowest BCUT2D eigenvalue weighted by molar-refractivity contribution is -0.117. The minimum absolute atomic E-state index is 0.232. The molecule has 0 fully saturated rings. The molecule has 3 aromatic rings. The fourth-order valence-corrected chi connectivity index (χ4v) is 2.61. The molecule has 1 unspecified atom stereocenters. The number of hydrogen-bond acceptors (Lipinski definition) is 4. The number of benzene rings is 1. The first-order valence-electron chi connectivity index (χ1n) is 5.77. The van der Waals surface area contributed by atoms with Crippen molar-refractivity contribution in [3.8, 4) is 0 Å². The monoisotopic (exact) mass is 272 g/mol. The fourth-order valence-electron chi connectivity index (χ4n) is 1.88. The number of amides is 1. The van der Waals surface area contributed by atoms with Crippen molar-refractivity contribution >= 4 is 33.8 Å². The average Bonchev–Trinajstić information content (AvgIpc) is 3.09. The van der Waals surface area contributed by atoms with Crippen LogP contribution in [0.4, 0.5) is 5.69 Å². The zero-order valence-corrected chi connectivity index (χ0v) is 10.8. The molecular formula is C13H12N4OS. The molecule has 0 saturated carbocycles. The molecule has 5 nitrogen and oxygen atoms in total. The molecule has 1 amide bonds. The van der Waals surface area contributed by atoms with Crippen molar-refractivity contribution in [1.29, 1.82) is 0 Å². The normalized spacial score (nSPS) is 12.5. The Morgan fingerprint density at radius 3 is 3.05 bits per heavy atom. The highest BCUT2D eigenvalue weighted by Crippen LogP contribution is 2.23. The van der Waals surface area contributed by atoms with Crippen LogP contribution in [0.15, 0.2) is 41.9 Å². The number of fused-ring (bicyclic) bond motifs is 1. The van der Waals surface area contributed by atoms with Gasteiger partial charge in [0.25, 0.3) is 0 Å². The van der Waals surface area contributed by atoms with Crippen molar-refractivity contribution in [3.05, 3.63) is 46.8 Å². The lowest BCUT2D eigenvalue weighted by atomic mass is 10.2. The number of aromatic nitrogens is 2. The summed E-state index contributed by atoms with van der Waals surface area (Å²) >= 11 is 1.47. The number of carbonyl (C=O) groups is 1. The van der Waals surface area contributed by atoms with Gasteiger partial charge in [-0.25, -0.2) is 0 Å². The van der Waals surface area contributed by atoms with Crippen LogP contribution in [0.3, 0.4) is 0 Å². The molecule has 0 bridgehead atoms. The largest absolute Gasteiger partial charge is 0.323 e. The number of rotatable bonds is 3. The molecule has 0 spiro atoms. The third-order valence-electron chi connectivity index (χ3n) is 2.87. The van der Waals surface area contributed by atoms with Crippen molar-refractivity contribution in [2.24, 2.45) is 5.73 Å². The summed E-state index contributed by atoms with van der Waals surface area (Å²) in [5.74, 6) is -0.232. The number of thiophene rings is 1. The Morgan fingerprint density at radius 2 is 2.26 bits per heavy atom. The van der Waals surface area contributed by atoms with Gasteiger partial charge in [0.1, 0.15) is 6.04 Å². The van der Waals surface area contributed by atoms with Crippen LogP contribution in [-0.2, 0) is 4.79 Å². The number of anilines is 1. The highest BCUT2D eigenvalue weighted by atomic mass is 32.1. The van der Waals surface area contributed by atoms with Gasteiger partial charge in [0, 0.05) is 10.3 Å². The molecule has 0 aliphatic rings. The highest BCUT2D eigenvalue weighted by Gasteiger charge is 2.17. The van der Waals surface area contributed by atoms with Gasteiger partial charge in [0.2, 0.25) is 5.91 Å². The van der Waals surface area contributed by atoms with Gasteiger partial charge in [-0.1, -0.05) is 18.2 Å². The summed E-state index contributed by atoms with van der Waals surface area (Å²) in [4.78, 5) is 13.0. The van der Waals surface area contributed by atoms with Gasteiger partial charge < -0.3 is 11.1 Å². The number of H-pyrrole nitrogens is 1. The molecule has 0 saturated heterocycles. The Balaban J connectivity index is 1.85. The Labute approximate surface area is 113 Å². The number of para-hydroxylation sites is 1.